The third-order valence-corrected chi connectivity index (χ3v) is 29.9. The summed E-state index contributed by atoms with van der Waals surface area (Å²) >= 11 is 0. The van der Waals surface area contributed by atoms with E-state index in [0.717, 1.165) is 0 Å². The summed E-state index contributed by atoms with van der Waals surface area (Å²) in [5, 5.41) is 17.7. The molecule has 4 bridgehead atoms. The van der Waals surface area contributed by atoms with Crippen LogP contribution in [-0.4, -0.2) is 125 Å². The summed E-state index contributed by atoms with van der Waals surface area (Å²) in [5.41, 5.74) is -7.54. The number of carbonyl (C=O) groups excluding carboxylic acids is 6. The lowest BCUT2D eigenvalue weighted by Gasteiger charge is -2.68. The Hall–Kier alpha value is -5.19. The van der Waals surface area contributed by atoms with Crippen LogP contribution in [0.4, 0.5) is 4.79 Å². The Bertz CT molecular complexity index is 2780. The van der Waals surface area contributed by atoms with Crippen molar-refractivity contribution in [1.29, 1.82) is 0 Å². The standard InChI is InChI=1S/C63H91NO16Si2/c1-19-81(20-2,21-3)79-46-33-47-62(35-73-47)53-55(76-56(68)42-28-24-29-43(32-42)72-18)63(71)34-45(39(10)49(60(63,15)16)51(74-40(11)65)54(67)61(46,53)17)75-57(69)52(80-82(36(4)5,37(6)7)38(8)9)50(64-58(70)78-59(12,13)14)44-30-23-22-26-41(44)27-25-31-48(66)77-62/h22-30,32,36-38,45-47,50-53,55,71H,19-21,31,33-35H2,1-18H3,(H,64,70)/b27-25-. The van der Waals surface area contributed by atoms with Crippen LogP contribution in [0.15, 0.2) is 65.8 Å². The Morgan fingerprint density at radius 3 is 2.07 bits per heavy atom. The van der Waals surface area contributed by atoms with E-state index in [9.17, 15) is 14.7 Å². The van der Waals surface area contributed by atoms with E-state index in [-0.39, 0.29) is 52.8 Å². The van der Waals surface area contributed by atoms with E-state index in [2.05, 4.69) is 67.6 Å². The summed E-state index contributed by atoms with van der Waals surface area (Å²) in [6.45, 7) is 31.4. The first-order chi connectivity index (χ1) is 38.3. The fraction of sp³-hybridized carbons (Fsp3) is 0.651. The minimum absolute atomic E-state index is 0.0459. The van der Waals surface area contributed by atoms with Gasteiger partial charge in [-0.05, 0) is 110 Å². The van der Waals surface area contributed by atoms with Gasteiger partial charge in [0.1, 0.15) is 35.3 Å². The largest absolute Gasteiger partial charge is 0.497 e. The monoisotopic (exact) mass is 1170 g/mol. The van der Waals surface area contributed by atoms with Crippen molar-refractivity contribution in [2.24, 2.45) is 16.7 Å². The molecule has 19 heteroatoms. The van der Waals surface area contributed by atoms with E-state index < -0.39 is 135 Å². The first-order valence-corrected chi connectivity index (χ1v) is 34.1. The van der Waals surface area contributed by atoms with Crippen LogP contribution in [0.2, 0.25) is 34.8 Å². The van der Waals surface area contributed by atoms with Gasteiger partial charge in [-0.1, -0.05) is 119 Å². The maximum Gasteiger partial charge on any atom is 0.408 e. The van der Waals surface area contributed by atoms with Gasteiger partial charge in [-0.15, -0.1) is 0 Å². The van der Waals surface area contributed by atoms with E-state index in [4.69, 9.17) is 42.0 Å². The normalized spacial score (nSPS) is 30.7. The third kappa shape index (κ3) is 11.4. The zero-order valence-electron chi connectivity index (χ0n) is 51.6. The molecule has 5 aliphatic rings. The van der Waals surface area contributed by atoms with Gasteiger partial charge in [0, 0.05) is 25.2 Å². The third-order valence-electron chi connectivity index (χ3n) is 19.2. The maximum atomic E-state index is 16.9. The lowest BCUT2D eigenvalue weighted by Crippen LogP contribution is -2.82. The summed E-state index contributed by atoms with van der Waals surface area (Å²) < 4.78 is 60.0. The second-order valence-electron chi connectivity index (χ2n) is 26.0. The van der Waals surface area contributed by atoms with Crippen molar-refractivity contribution in [2.45, 2.75) is 231 Å². The minimum Gasteiger partial charge on any atom is -0.497 e. The Kier molecular flexibility index (Phi) is 18.9. The molecule has 452 valence electrons. The predicted octanol–water partition coefficient (Wildman–Crippen LogP) is 11.5. The Balaban J connectivity index is 1.61. The molecule has 7 rings (SSSR count). The molecule has 2 N–H and O–H groups in total. The average molecular weight is 1170 g/mol. The molecule has 1 amide bonds. The Morgan fingerprint density at radius 2 is 1.51 bits per heavy atom. The van der Waals surface area contributed by atoms with Gasteiger partial charge >= 0.3 is 30.0 Å². The SMILES string of the molecule is CC[Si](CC)(CC)OC1CC2OCC23OC(=O)C/C=C\c2ccccc2C(NC(=O)OC(C)(C)C)C(O[Si](C(C)C)(C(C)C)C(C)C)C(=O)OC2CC4(O)C(OC(=O)c5cccc(OC)c5)C3C1(C)C(=O)C(OC(C)=O)C(=C2C)C4(C)C. The van der Waals surface area contributed by atoms with Gasteiger partial charge in [-0.3, -0.25) is 14.4 Å². The molecule has 2 saturated carbocycles. The minimum atomic E-state index is -3.16. The molecular formula is C63H91NO16Si2. The van der Waals surface area contributed by atoms with Gasteiger partial charge in [-0.2, -0.15) is 0 Å². The van der Waals surface area contributed by atoms with Crippen molar-refractivity contribution < 1.29 is 75.9 Å². The number of benzene rings is 2. The lowest BCUT2D eigenvalue weighted by atomic mass is 9.44. The molecule has 2 heterocycles. The molecule has 1 saturated heterocycles. The van der Waals surface area contributed by atoms with Crippen molar-refractivity contribution in [1.82, 2.24) is 5.32 Å². The Morgan fingerprint density at radius 1 is 0.878 bits per heavy atom. The average Bonchev–Trinajstić information content (AvgIpc) is 2.74. The molecule has 2 aliphatic heterocycles. The highest BCUT2D eigenvalue weighted by Crippen LogP contribution is 2.65. The van der Waals surface area contributed by atoms with Crippen molar-refractivity contribution in [3.05, 3.63) is 82.4 Å². The highest BCUT2D eigenvalue weighted by atomic mass is 28.4. The van der Waals surface area contributed by atoms with Gasteiger partial charge in [0.05, 0.1) is 49.2 Å². The number of hydrogen-bond donors (Lipinski definition) is 2. The van der Waals surface area contributed by atoms with Crippen LogP contribution in [0.1, 0.15) is 164 Å². The van der Waals surface area contributed by atoms with Crippen molar-refractivity contribution >= 4 is 58.5 Å². The van der Waals surface area contributed by atoms with Crippen LogP contribution >= 0.6 is 0 Å². The number of Topliss-reactive ketones (excluding diaryl/α,β-unsaturated/α-hetero) is 1. The molecule has 82 heavy (non-hydrogen) atoms. The first kappa shape index (κ1) is 64.4. The van der Waals surface area contributed by atoms with Gasteiger partial charge in [0.25, 0.3) is 0 Å². The summed E-state index contributed by atoms with van der Waals surface area (Å²) in [6, 6.07) is 14.2. The molecule has 2 aromatic carbocycles. The number of ketones is 1. The molecule has 0 aromatic heterocycles. The number of aliphatic hydroxyl groups is 1. The Labute approximate surface area is 487 Å². The zero-order valence-corrected chi connectivity index (χ0v) is 53.6. The van der Waals surface area contributed by atoms with E-state index in [1.165, 1.54) is 26.2 Å². The van der Waals surface area contributed by atoms with Crippen LogP contribution in [-0.2, 0) is 56.5 Å². The summed E-state index contributed by atoms with van der Waals surface area (Å²) in [5.74, 6) is -5.17. The van der Waals surface area contributed by atoms with Crippen molar-refractivity contribution in [3.8, 4) is 5.75 Å². The highest BCUT2D eigenvalue weighted by molar-refractivity contribution is 6.77. The van der Waals surface area contributed by atoms with Crippen LogP contribution in [0.3, 0.4) is 0 Å². The number of ether oxygens (including phenoxy) is 7. The van der Waals surface area contributed by atoms with Crippen LogP contribution in [0, 0.1) is 16.7 Å². The topological polar surface area (TPSA) is 218 Å². The number of alkyl carbamates (subject to hydrolysis) is 1. The second kappa shape index (κ2) is 24.1. The maximum absolute atomic E-state index is 16.9. The number of fused-ring (bicyclic) bond motifs is 3. The lowest BCUT2D eigenvalue weighted by molar-refractivity contribution is -0.345. The number of rotatable bonds is 15. The number of nitrogens with one attached hydrogen (secondary N) is 1. The number of methoxy groups -OCH3 is 1. The predicted molar refractivity (Wildman–Crippen MR) is 314 cm³/mol. The van der Waals surface area contributed by atoms with E-state index in [1.54, 1.807) is 97.0 Å². The smallest absolute Gasteiger partial charge is 0.408 e. The molecule has 0 radical (unpaired) electrons. The molecular weight excluding hydrogens is 1080 g/mol. The second-order valence-corrected chi connectivity index (χ2v) is 36.1. The van der Waals surface area contributed by atoms with E-state index in [1.807, 2.05) is 0 Å². The van der Waals surface area contributed by atoms with Gasteiger partial charge < -0.3 is 52.4 Å². The molecule has 3 aliphatic carbocycles. The molecule has 11 atom stereocenters. The van der Waals surface area contributed by atoms with Gasteiger partial charge in [0.15, 0.2) is 31.9 Å². The van der Waals surface area contributed by atoms with Crippen molar-refractivity contribution in [2.75, 3.05) is 13.7 Å². The quantitative estimate of drug-likeness (QED) is 0.0733. The molecule has 2 aromatic rings. The summed E-state index contributed by atoms with van der Waals surface area (Å²) in [7, 11) is -4.41. The fourth-order valence-electron chi connectivity index (χ4n) is 14.7. The van der Waals surface area contributed by atoms with Gasteiger partial charge in [0.2, 0.25) is 8.32 Å². The van der Waals surface area contributed by atoms with E-state index >= 15 is 19.2 Å². The zero-order chi connectivity index (χ0) is 60.9. The van der Waals surface area contributed by atoms with E-state index in [0.29, 0.717) is 35.0 Å². The molecule has 17 nitrogen and oxygen atoms in total. The van der Waals surface area contributed by atoms with Crippen LogP contribution in [0.5, 0.6) is 5.75 Å². The fourth-order valence-corrected chi connectivity index (χ4v) is 23.1. The number of esters is 4. The van der Waals surface area contributed by atoms with Crippen LogP contribution in [0.25, 0.3) is 6.08 Å². The summed E-state index contributed by atoms with van der Waals surface area (Å²) in [4.78, 5) is 91.6. The number of hydrogen-bond acceptors (Lipinski definition) is 16. The van der Waals surface area contributed by atoms with Crippen molar-refractivity contribution in [3.63, 3.8) is 0 Å². The number of carbonyl (C=O) groups is 6. The first-order valence-electron chi connectivity index (χ1n) is 29.4. The van der Waals surface area contributed by atoms with Crippen LogP contribution < -0.4 is 10.1 Å². The molecule has 1 spiro atoms. The molecule has 11 unspecified atom stereocenters. The van der Waals surface area contributed by atoms with Gasteiger partial charge in [-0.25, -0.2) is 14.4 Å². The summed E-state index contributed by atoms with van der Waals surface area (Å²) in [6.07, 6.45) is -6.86. The number of amides is 1. The molecule has 3 fully saturated rings. The highest BCUT2D eigenvalue weighted by Gasteiger charge is 2.79.